The number of aromatic nitrogens is 1. The van der Waals surface area contributed by atoms with Gasteiger partial charge in [0.25, 0.3) is 5.91 Å². The average molecular weight is 351 g/mol. The van der Waals surface area contributed by atoms with E-state index < -0.39 is 11.7 Å². The zero-order valence-electron chi connectivity index (χ0n) is 13.6. The lowest BCUT2D eigenvalue weighted by molar-refractivity contribution is -0.116. The van der Waals surface area contributed by atoms with Crippen molar-refractivity contribution in [1.29, 1.82) is 0 Å². The van der Waals surface area contributed by atoms with E-state index in [-0.39, 0.29) is 17.4 Å². The molecule has 0 saturated heterocycles. The average Bonchev–Trinajstić information content (AvgIpc) is 3.12. The van der Waals surface area contributed by atoms with Crippen molar-refractivity contribution in [1.82, 2.24) is 4.98 Å². The highest BCUT2D eigenvalue weighted by molar-refractivity contribution is 6.06. The van der Waals surface area contributed by atoms with Gasteiger partial charge in [-0.2, -0.15) is 0 Å². The van der Waals surface area contributed by atoms with Gasteiger partial charge in [-0.05, 0) is 42.3 Å². The molecule has 130 valence electrons. The molecule has 0 atom stereocenters. The largest absolute Gasteiger partial charge is 0.438 e. The van der Waals surface area contributed by atoms with Gasteiger partial charge in [0.2, 0.25) is 11.7 Å². The van der Waals surface area contributed by atoms with Gasteiger partial charge < -0.3 is 15.1 Å². The molecular formula is C19H14FN3O3. The van der Waals surface area contributed by atoms with Crippen LogP contribution < -0.4 is 10.6 Å². The Kier molecular flexibility index (Phi) is 3.96. The maximum atomic E-state index is 13.4. The molecule has 0 radical (unpaired) electrons. The molecule has 7 heteroatoms. The van der Waals surface area contributed by atoms with Crippen molar-refractivity contribution >= 4 is 23.2 Å². The second-order valence-electron chi connectivity index (χ2n) is 5.91. The van der Waals surface area contributed by atoms with Crippen LogP contribution in [0, 0.1) is 5.82 Å². The van der Waals surface area contributed by atoms with E-state index in [1.807, 2.05) is 6.07 Å². The molecule has 1 aliphatic rings. The third kappa shape index (κ3) is 3.06. The lowest BCUT2D eigenvalue weighted by atomic mass is 10.0. The Labute approximate surface area is 148 Å². The van der Waals surface area contributed by atoms with Gasteiger partial charge in [-0.15, -0.1) is 0 Å². The molecule has 0 saturated carbocycles. The van der Waals surface area contributed by atoms with Crippen molar-refractivity contribution in [2.24, 2.45) is 0 Å². The lowest BCUT2D eigenvalue weighted by Gasteiger charge is -2.17. The highest BCUT2D eigenvalue weighted by atomic mass is 19.1. The van der Waals surface area contributed by atoms with Crippen molar-refractivity contribution in [3.8, 4) is 11.3 Å². The second-order valence-corrected chi connectivity index (χ2v) is 5.91. The van der Waals surface area contributed by atoms with Crippen LogP contribution in [0.5, 0.6) is 0 Å². The van der Waals surface area contributed by atoms with E-state index in [9.17, 15) is 14.0 Å². The Balaban J connectivity index is 1.58. The molecule has 0 aliphatic carbocycles. The molecule has 3 aromatic rings. The normalized spacial score (nSPS) is 13.0. The fourth-order valence-electron chi connectivity index (χ4n) is 2.90. The van der Waals surface area contributed by atoms with Crippen LogP contribution in [0.4, 0.5) is 15.8 Å². The molecule has 0 fully saturated rings. The molecule has 4 rings (SSSR count). The van der Waals surface area contributed by atoms with Gasteiger partial charge in [0.1, 0.15) is 11.5 Å². The summed E-state index contributed by atoms with van der Waals surface area (Å²) in [6.45, 7) is 0. The minimum absolute atomic E-state index is 0.00150. The first kappa shape index (κ1) is 16.0. The first-order valence-electron chi connectivity index (χ1n) is 8.04. The van der Waals surface area contributed by atoms with Crippen molar-refractivity contribution in [3.63, 3.8) is 0 Å². The highest BCUT2D eigenvalue weighted by Gasteiger charge is 2.20. The van der Waals surface area contributed by atoms with Crippen molar-refractivity contribution in [2.45, 2.75) is 12.8 Å². The Hall–Kier alpha value is -3.48. The summed E-state index contributed by atoms with van der Waals surface area (Å²) in [7, 11) is 0. The number of nitrogens with one attached hydrogen (secondary N) is 2. The SMILES string of the molecule is O=C1CCc2cc(NC(=O)c3ocnc3-c3cccc(F)c3)ccc2N1. The van der Waals surface area contributed by atoms with Crippen LogP contribution in [0.25, 0.3) is 11.3 Å². The number of hydrogen-bond donors (Lipinski definition) is 2. The Morgan fingerprint density at radius 2 is 2.08 bits per heavy atom. The van der Waals surface area contributed by atoms with E-state index in [2.05, 4.69) is 15.6 Å². The first-order valence-corrected chi connectivity index (χ1v) is 8.04. The second kappa shape index (κ2) is 6.44. The Morgan fingerprint density at radius 1 is 1.19 bits per heavy atom. The lowest BCUT2D eigenvalue weighted by Crippen LogP contribution is -2.19. The fourth-order valence-corrected chi connectivity index (χ4v) is 2.90. The van der Waals surface area contributed by atoms with Gasteiger partial charge in [-0.3, -0.25) is 9.59 Å². The first-order chi connectivity index (χ1) is 12.6. The van der Waals surface area contributed by atoms with Gasteiger partial charge in [-0.25, -0.2) is 9.37 Å². The van der Waals surface area contributed by atoms with Crippen LogP contribution in [0.2, 0.25) is 0 Å². The third-order valence-electron chi connectivity index (χ3n) is 4.13. The number of fused-ring (bicyclic) bond motifs is 1. The number of halogens is 1. The topological polar surface area (TPSA) is 84.2 Å². The molecule has 6 nitrogen and oxygen atoms in total. The van der Waals surface area contributed by atoms with E-state index in [1.165, 1.54) is 12.1 Å². The molecule has 1 aromatic heterocycles. The number of hydrogen-bond acceptors (Lipinski definition) is 4. The summed E-state index contributed by atoms with van der Waals surface area (Å²) >= 11 is 0. The number of aryl methyl sites for hydroxylation is 1. The number of carbonyl (C=O) groups is 2. The predicted molar refractivity (Wildman–Crippen MR) is 93.2 cm³/mol. The van der Waals surface area contributed by atoms with Gasteiger partial charge in [0, 0.05) is 23.4 Å². The molecule has 0 bridgehead atoms. The molecule has 26 heavy (non-hydrogen) atoms. The van der Waals surface area contributed by atoms with Crippen molar-refractivity contribution in [3.05, 3.63) is 66.0 Å². The smallest absolute Gasteiger partial charge is 0.293 e. The monoisotopic (exact) mass is 351 g/mol. The molecule has 2 amide bonds. The van der Waals surface area contributed by atoms with Gasteiger partial charge >= 0.3 is 0 Å². The third-order valence-corrected chi connectivity index (χ3v) is 4.13. The van der Waals surface area contributed by atoms with Gasteiger partial charge in [0.05, 0.1) is 0 Å². The van der Waals surface area contributed by atoms with E-state index in [1.54, 1.807) is 24.3 Å². The van der Waals surface area contributed by atoms with E-state index in [4.69, 9.17) is 4.42 Å². The van der Waals surface area contributed by atoms with E-state index in [0.717, 1.165) is 17.6 Å². The molecule has 2 heterocycles. The number of rotatable bonds is 3. The summed E-state index contributed by atoms with van der Waals surface area (Å²) in [5.74, 6) is -0.924. The molecule has 2 N–H and O–H groups in total. The summed E-state index contributed by atoms with van der Waals surface area (Å²) in [4.78, 5) is 28.0. The predicted octanol–water partition coefficient (Wildman–Crippen LogP) is 3.62. The Bertz CT molecular complexity index is 1010. The van der Waals surface area contributed by atoms with Crippen molar-refractivity contribution < 1.29 is 18.4 Å². The summed E-state index contributed by atoms with van der Waals surface area (Å²) < 4.78 is 18.7. The van der Waals surface area contributed by atoms with Crippen LogP contribution in [-0.4, -0.2) is 16.8 Å². The number of anilines is 2. The van der Waals surface area contributed by atoms with E-state index >= 15 is 0 Å². The van der Waals surface area contributed by atoms with Crippen LogP contribution in [0.15, 0.2) is 53.3 Å². The number of amides is 2. The molecular weight excluding hydrogens is 337 g/mol. The standard InChI is InChI=1S/C19H14FN3O3/c20-13-3-1-2-12(8-13)17-18(26-10-21-17)19(25)22-14-5-6-15-11(9-14)4-7-16(24)23-15/h1-3,5-6,8-10H,4,7H2,(H,22,25)(H,23,24). The number of oxazole rings is 1. The fraction of sp³-hybridized carbons (Fsp3) is 0.105. The molecule has 2 aromatic carbocycles. The quantitative estimate of drug-likeness (QED) is 0.755. The summed E-state index contributed by atoms with van der Waals surface area (Å²) in [5, 5.41) is 5.54. The van der Waals surface area contributed by atoms with Crippen LogP contribution >= 0.6 is 0 Å². The van der Waals surface area contributed by atoms with Gasteiger partial charge in [0.15, 0.2) is 6.39 Å². The maximum Gasteiger partial charge on any atom is 0.293 e. The molecule has 1 aliphatic heterocycles. The number of nitrogens with zero attached hydrogens (tertiary/aromatic N) is 1. The van der Waals surface area contributed by atoms with Crippen LogP contribution in [0.1, 0.15) is 22.5 Å². The van der Waals surface area contributed by atoms with Crippen LogP contribution in [0.3, 0.4) is 0 Å². The molecule has 0 spiro atoms. The zero-order chi connectivity index (χ0) is 18.1. The number of carbonyl (C=O) groups excluding carboxylic acids is 2. The summed E-state index contributed by atoms with van der Waals surface area (Å²) in [5.41, 5.74) is 3.00. The van der Waals surface area contributed by atoms with E-state index in [0.29, 0.717) is 24.1 Å². The zero-order valence-corrected chi connectivity index (χ0v) is 13.6. The molecule has 0 unspecified atom stereocenters. The van der Waals surface area contributed by atoms with Crippen molar-refractivity contribution in [2.75, 3.05) is 10.6 Å². The minimum Gasteiger partial charge on any atom is -0.438 e. The van der Waals surface area contributed by atoms with Crippen LogP contribution in [-0.2, 0) is 11.2 Å². The summed E-state index contributed by atoms with van der Waals surface area (Å²) in [6, 6.07) is 11.0. The number of benzene rings is 2. The maximum absolute atomic E-state index is 13.4. The van der Waals surface area contributed by atoms with Gasteiger partial charge in [-0.1, -0.05) is 12.1 Å². The minimum atomic E-state index is -0.485. The summed E-state index contributed by atoms with van der Waals surface area (Å²) in [6.07, 6.45) is 2.18. The highest BCUT2D eigenvalue weighted by Crippen LogP contribution is 2.27. The Morgan fingerprint density at radius 3 is 2.92 bits per heavy atom.